The lowest BCUT2D eigenvalue weighted by Gasteiger charge is -2.14. The number of carbonyl (C=O) groups is 1. The number of nitrogens with zero attached hydrogens (tertiary/aromatic N) is 1. The van der Waals surface area contributed by atoms with Crippen LogP contribution < -0.4 is 14.2 Å². The average Bonchev–Trinajstić information content (AvgIpc) is 3.16. The first kappa shape index (κ1) is 25.5. The first-order chi connectivity index (χ1) is 17.6. The Bertz CT molecular complexity index is 1270. The van der Waals surface area contributed by atoms with Gasteiger partial charge in [0, 0.05) is 5.56 Å². The molecule has 0 N–H and O–H groups in total. The average molecular weight is 518 g/mol. The summed E-state index contributed by atoms with van der Waals surface area (Å²) in [6.07, 6.45) is 4.45. The Morgan fingerprint density at radius 2 is 1.64 bits per heavy atom. The van der Waals surface area contributed by atoms with Gasteiger partial charge in [-0.25, -0.2) is 0 Å². The van der Waals surface area contributed by atoms with Crippen LogP contribution in [-0.2, 0) is 17.8 Å². The Hall–Kier alpha value is -3.55. The SMILES string of the molecule is C=CCc1ccc(OCCOc2ccccc2/C=C2\SC(=S)N(Cc3ccccc3)C2=O)c(OC)c1. The maximum atomic E-state index is 13.0. The molecule has 4 rings (SSSR count). The van der Waals surface area contributed by atoms with E-state index in [1.54, 1.807) is 12.0 Å². The Balaban J connectivity index is 1.39. The summed E-state index contributed by atoms with van der Waals surface area (Å²) >= 11 is 6.79. The van der Waals surface area contributed by atoms with E-state index in [-0.39, 0.29) is 5.91 Å². The summed E-state index contributed by atoms with van der Waals surface area (Å²) in [7, 11) is 1.62. The van der Waals surface area contributed by atoms with Crippen molar-refractivity contribution < 1.29 is 19.0 Å². The Kier molecular flexibility index (Phi) is 8.81. The van der Waals surface area contributed by atoms with Crippen LogP contribution in [0.2, 0.25) is 0 Å². The molecule has 1 amide bonds. The molecule has 3 aromatic carbocycles. The van der Waals surface area contributed by atoms with Crippen LogP contribution in [0, 0.1) is 0 Å². The van der Waals surface area contributed by atoms with Gasteiger partial charge in [-0.3, -0.25) is 9.69 Å². The molecule has 0 atom stereocenters. The zero-order chi connectivity index (χ0) is 25.3. The summed E-state index contributed by atoms with van der Waals surface area (Å²) in [5, 5.41) is 0. The summed E-state index contributed by atoms with van der Waals surface area (Å²) in [6.45, 7) is 4.89. The lowest BCUT2D eigenvalue weighted by molar-refractivity contribution is -0.122. The summed E-state index contributed by atoms with van der Waals surface area (Å²) in [5.41, 5.74) is 2.95. The first-order valence-corrected chi connectivity index (χ1v) is 12.7. The second-order valence-electron chi connectivity index (χ2n) is 7.97. The number of allylic oxidation sites excluding steroid dienone is 1. The van der Waals surface area contributed by atoms with Gasteiger partial charge < -0.3 is 14.2 Å². The molecule has 0 aliphatic carbocycles. The summed E-state index contributed by atoms with van der Waals surface area (Å²) in [4.78, 5) is 15.3. The van der Waals surface area contributed by atoms with E-state index in [2.05, 4.69) is 6.58 Å². The molecule has 36 heavy (non-hydrogen) atoms. The number of para-hydroxylation sites is 1. The molecule has 184 valence electrons. The molecular weight excluding hydrogens is 490 g/mol. The second-order valence-corrected chi connectivity index (χ2v) is 9.64. The van der Waals surface area contributed by atoms with Crippen LogP contribution in [0.25, 0.3) is 6.08 Å². The zero-order valence-corrected chi connectivity index (χ0v) is 21.6. The molecule has 1 aliphatic rings. The van der Waals surface area contributed by atoms with E-state index < -0.39 is 0 Å². The fourth-order valence-corrected chi connectivity index (χ4v) is 4.95. The fraction of sp³-hybridized carbons (Fsp3) is 0.172. The van der Waals surface area contributed by atoms with Gasteiger partial charge in [0.1, 0.15) is 23.3 Å². The van der Waals surface area contributed by atoms with E-state index in [1.807, 2.05) is 84.9 Å². The van der Waals surface area contributed by atoms with Gasteiger partial charge in [0.15, 0.2) is 11.5 Å². The maximum absolute atomic E-state index is 13.0. The van der Waals surface area contributed by atoms with Gasteiger partial charge in [0.2, 0.25) is 0 Å². The fourth-order valence-electron chi connectivity index (χ4n) is 3.70. The van der Waals surface area contributed by atoms with E-state index in [1.165, 1.54) is 11.8 Å². The molecule has 0 unspecified atom stereocenters. The number of thioether (sulfide) groups is 1. The van der Waals surface area contributed by atoms with Crippen molar-refractivity contribution in [1.29, 1.82) is 0 Å². The van der Waals surface area contributed by atoms with Crippen LogP contribution in [0.4, 0.5) is 0 Å². The van der Waals surface area contributed by atoms with Crippen LogP contribution in [-0.4, -0.2) is 35.5 Å². The van der Waals surface area contributed by atoms with Crippen LogP contribution in [0.5, 0.6) is 17.2 Å². The van der Waals surface area contributed by atoms with Crippen molar-refractivity contribution in [3.63, 3.8) is 0 Å². The van der Waals surface area contributed by atoms with Crippen molar-refractivity contribution in [3.8, 4) is 17.2 Å². The molecule has 3 aromatic rings. The normalized spacial score (nSPS) is 14.2. The third-order valence-corrected chi connectivity index (χ3v) is 6.85. The number of hydrogen-bond acceptors (Lipinski definition) is 6. The summed E-state index contributed by atoms with van der Waals surface area (Å²) < 4.78 is 17.9. The number of hydrogen-bond donors (Lipinski definition) is 0. The highest BCUT2D eigenvalue weighted by atomic mass is 32.2. The minimum absolute atomic E-state index is 0.0982. The molecule has 0 spiro atoms. The van der Waals surface area contributed by atoms with Gasteiger partial charge in [0.05, 0.1) is 18.6 Å². The number of methoxy groups -OCH3 is 1. The van der Waals surface area contributed by atoms with Gasteiger partial charge >= 0.3 is 0 Å². The third-order valence-electron chi connectivity index (χ3n) is 5.47. The molecule has 5 nitrogen and oxygen atoms in total. The van der Waals surface area contributed by atoms with Crippen LogP contribution in [0.3, 0.4) is 0 Å². The monoisotopic (exact) mass is 517 g/mol. The molecule has 0 radical (unpaired) electrons. The highest BCUT2D eigenvalue weighted by Crippen LogP contribution is 2.35. The van der Waals surface area contributed by atoms with Crippen LogP contribution in [0.1, 0.15) is 16.7 Å². The maximum Gasteiger partial charge on any atom is 0.266 e. The number of benzene rings is 3. The van der Waals surface area contributed by atoms with Crippen LogP contribution in [0.15, 0.2) is 90.4 Å². The number of rotatable bonds is 11. The lowest BCUT2D eigenvalue weighted by Crippen LogP contribution is -2.27. The minimum atomic E-state index is -0.0982. The predicted octanol–water partition coefficient (Wildman–Crippen LogP) is 6.28. The number of amides is 1. The number of thiocarbonyl (C=S) groups is 1. The van der Waals surface area contributed by atoms with E-state index in [9.17, 15) is 4.79 Å². The van der Waals surface area contributed by atoms with Gasteiger partial charge in [-0.15, -0.1) is 6.58 Å². The van der Waals surface area contributed by atoms with E-state index in [0.717, 1.165) is 23.1 Å². The van der Waals surface area contributed by atoms with Crippen molar-refractivity contribution in [2.45, 2.75) is 13.0 Å². The molecule has 0 aromatic heterocycles. The van der Waals surface area contributed by atoms with Crippen LogP contribution >= 0.6 is 24.0 Å². The van der Waals surface area contributed by atoms with Crippen molar-refractivity contribution >= 4 is 40.3 Å². The Morgan fingerprint density at radius 3 is 2.39 bits per heavy atom. The molecule has 0 bridgehead atoms. The van der Waals surface area contributed by atoms with Gasteiger partial charge in [-0.05, 0) is 41.8 Å². The van der Waals surface area contributed by atoms with Crippen molar-refractivity contribution in [2.75, 3.05) is 20.3 Å². The lowest BCUT2D eigenvalue weighted by atomic mass is 10.1. The highest BCUT2D eigenvalue weighted by molar-refractivity contribution is 8.26. The van der Waals surface area contributed by atoms with E-state index in [0.29, 0.717) is 46.2 Å². The quantitative estimate of drug-likeness (QED) is 0.129. The van der Waals surface area contributed by atoms with Crippen molar-refractivity contribution in [3.05, 3.63) is 107 Å². The minimum Gasteiger partial charge on any atom is -0.493 e. The molecule has 1 aliphatic heterocycles. The Morgan fingerprint density at radius 1 is 0.917 bits per heavy atom. The molecule has 1 fully saturated rings. The highest BCUT2D eigenvalue weighted by Gasteiger charge is 2.32. The van der Waals surface area contributed by atoms with Crippen molar-refractivity contribution in [2.24, 2.45) is 0 Å². The van der Waals surface area contributed by atoms with E-state index in [4.69, 9.17) is 26.4 Å². The largest absolute Gasteiger partial charge is 0.493 e. The topological polar surface area (TPSA) is 48.0 Å². The number of carbonyl (C=O) groups excluding carboxylic acids is 1. The van der Waals surface area contributed by atoms with Gasteiger partial charge in [0.25, 0.3) is 5.91 Å². The van der Waals surface area contributed by atoms with E-state index >= 15 is 0 Å². The summed E-state index contributed by atoms with van der Waals surface area (Å²) in [6, 6.07) is 23.3. The van der Waals surface area contributed by atoms with Gasteiger partial charge in [-0.2, -0.15) is 0 Å². The first-order valence-electron chi connectivity index (χ1n) is 11.5. The predicted molar refractivity (Wildman–Crippen MR) is 149 cm³/mol. The third kappa shape index (κ3) is 6.36. The number of ether oxygens (including phenoxy) is 3. The molecule has 1 heterocycles. The zero-order valence-electron chi connectivity index (χ0n) is 20.0. The Labute approximate surface area is 221 Å². The second kappa shape index (κ2) is 12.4. The smallest absolute Gasteiger partial charge is 0.266 e. The molecule has 7 heteroatoms. The molecule has 0 saturated carbocycles. The van der Waals surface area contributed by atoms with Crippen molar-refractivity contribution in [1.82, 2.24) is 4.90 Å². The standard InChI is InChI=1S/C29H27NO4S2/c1-3-9-21-14-15-25(26(18-21)32-2)34-17-16-33-24-13-8-7-12-23(24)19-27-28(31)30(29(35)36-27)20-22-10-5-4-6-11-22/h3-8,10-15,18-19H,1,9,16-17,20H2,2H3/b27-19-. The molecule has 1 saturated heterocycles. The van der Waals surface area contributed by atoms with Gasteiger partial charge in [-0.1, -0.05) is 84.7 Å². The molecular formula is C29H27NO4S2. The summed E-state index contributed by atoms with van der Waals surface area (Å²) in [5.74, 6) is 1.90.